The number of nitrogens with two attached hydrogens (primary N) is 1. The molecule has 1 amide bonds. The zero-order valence-electron chi connectivity index (χ0n) is 16.0. The highest BCUT2D eigenvalue weighted by atomic mass is 16.7. The number of non-ortho nitro benzene ring substituents is 1. The SMILES string of the molecule is CC1Cc2cc3c(cc2C(c2ccc([N+](=O)[O-])cc2)=NN1C(=O)[C@H](C)N)OCO3. The van der Waals surface area contributed by atoms with Crippen molar-refractivity contribution >= 4 is 17.3 Å². The second-order valence-electron chi connectivity index (χ2n) is 7.14. The summed E-state index contributed by atoms with van der Waals surface area (Å²) in [4.78, 5) is 23.2. The molecule has 0 aliphatic carbocycles. The van der Waals surface area contributed by atoms with Crippen molar-refractivity contribution in [1.29, 1.82) is 0 Å². The molecule has 4 rings (SSSR count). The van der Waals surface area contributed by atoms with Crippen molar-refractivity contribution in [2.24, 2.45) is 10.8 Å². The zero-order chi connectivity index (χ0) is 20.7. The maximum absolute atomic E-state index is 12.7. The number of ether oxygens (including phenoxy) is 2. The maximum Gasteiger partial charge on any atom is 0.269 e. The second kappa shape index (κ2) is 7.17. The Morgan fingerprint density at radius 1 is 1.28 bits per heavy atom. The van der Waals surface area contributed by atoms with Gasteiger partial charge in [0.2, 0.25) is 6.79 Å². The molecule has 2 aromatic carbocycles. The largest absolute Gasteiger partial charge is 0.454 e. The van der Waals surface area contributed by atoms with Crippen LogP contribution in [0.3, 0.4) is 0 Å². The van der Waals surface area contributed by atoms with Gasteiger partial charge >= 0.3 is 0 Å². The first-order chi connectivity index (χ1) is 13.8. The molecule has 0 spiro atoms. The summed E-state index contributed by atoms with van der Waals surface area (Å²) in [5.74, 6) is 0.939. The van der Waals surface area contributed by atoms with E-state index in [1.807, 2.05) is 19.1 Å². The predicted molar refractivity (Wildman–Crippen MR) is 105 cm³/mol. The number of carbonyl (C=O) groups is 1. The van der Waals surface area contributed by atoms with E-state index >= 15 is 0 Å². The normalized spacial score (nSPS) is 18.5. The Morgan fingerprint density at radius 3 is 2.55 bits per heavy atom. The molecule has 2 heterocycles. The van der Waals surface area contributed by atoms with E-state index in [1.165, 1.54) is 17.1 Å². The molecule has 0 saturated heterocycles. The van der Waals surface area contributed by atoms with E-state index in [9.17, 15) is 14.9 Å². The number of carbonyl (C=O) groups excluding carboxylic acids is 1. The molecule has 2 aromatic rings. The number of benzene rings is 2. The van der Waals surface area contributed by atoms with E-state index in [2.05, 4.69) is 5.10 Å². The summed E-state index contributed by atoms with van der Waals surface area (Å²) in [5.41, 5.74) is 8.70. The summed E-state index contributed by atoms with van der Waals surface area (Å²) in [6, 6.07) is 8.86. The third kappa shape index (κ3) is 3.40. The summed E-state index contributed by atoms with van der Waals surface area (Å²) >= 11 is 0. The van der Waals surface area contributed by atoms with Gasteiger partial charge in [-0.25, -0.2) is 5.01 Å². The highest BCUT2D eigenvalue weighted by molar-refractivity contribution is 6.14. The number of nitro groups is 1. The molecule has 29 heavy (non-hydrogen) atoms. The monoisotopic (exact) mass is 396 g/mol. The van der Waals surface area contributed by atoms with E-state index in [-0.39, 0.29) is 24.4 Å². The fraction of sp³-hybridized carbons (Fsp3) is 0.300. The Bertz CT molecular complexity index is 1020. The summed E-state index contributed by atoms with van der Waals surface area (Å²) in [6.07, 6.45) is 0.546. The molecule has 0 aromatic heterocycles. The van der Waals surface area contributed by atoms with Crippen molar-refractivity contribution in [3.8, 4) is 11.5 Å². The third-order valence-corrected chi connectivity index (χ3v) is 4.96. The maximum atomic E-state index is 12.7. The van der Waals surface area contributed by atoms with Crippen LogP contribution >= 0.6 is 0 Å². The molecule has 0 fully saturated rings. The van der Waals surface area contributed by atoms with Crippen LogP contribution in [0.25, 0.3) is 0 Å². The van der Waals surface area contributed by atoms with Crippen LogP contribution in [0, 0.1) is 10.1 Å². The van der Waals surface area contributed by atoms with Gasteiger partial charge in [-0.3, -0.25) is 14.9 Å². The average molecular weight is 396 g/mol. The highest BCUT2D eigenvalue weighted by Crippen LogP contribution is 2.37. The molecule has 9 nitrogen and oxygen atoms in total. The minimum Gasteiger partial charge on any atom is -0.454 e. The van der Waals surface area contributed by atoms with Gasteiger partial charge in [-0.05, 0) is 50.1 Å². The van der Waals surface area contributed by atoms with Gasteiger partial charge in [0.15, 0.2) is 11.5 Å². The molecule has 2 aliphatic rings. The van der Waals surface area contributed by atoms with Crippen molar-refractivity contribution in [2.75, 3.05) is 6.79 Å². The molecule has 2 aliphatic heterocycles. The van der Waals surface area contributed by atoms with E-state index in [0.29, 0.717) is 29.2 Å². The van der Waals surface area contributed by atoms with Gasteiger partial charge in [0.05, 0.1) is 22.7 Å². The number of hydrogen-bond acceptors (Lipinski definition) is 7. The van der Waals surface area contributed by atoms with Crippen LogP contribution in [-0.4, -0.2) is 40.4 Å². The first kappa shape index (κ1) is 18.9. The standard InChI is InChI=1S/C20H20N4O5/c1-11-7-14-8-17-18(29-10-28-17)9-16(14)19(22-23(11)20(25)12(2)21)13-3-5-15(6-4-13)24(26)27/h3-6,8-9,11-12H,7,10,21H2,1-2H3/t11?,12-/m0/s1. The molecule has 0 saturated carbocycles. The highest BCUT2D eigenvalue weighted by Gasteiger charge is 2.30. The lowest BCUT2D eigenvalue weighted by Gasteiger charge is -2.24. The lowest BCUT2D eigenvalue weighted by atomic mass is 9.94. The predicted octanol–water partition coefficient (Wildman–Crippen LogP) is 2.20. The van der Waals surface area contributed by atoms with Crippen LogP contribution in [-0.2, 0) is 11.2 Å². The van der Waals surface area contributed by atoms with Crippen molar-refractivity contribution < 1.29 is 19.2 Å². The fourth-order valence-electron chi connectivity index (χ4n) is 3.47. The summed E-state index contributed by atoms with van der Waals surface area (Å²) < 4.78 is 11.0. The lowest BCUT2D eigenvalue weighted by molar-refractivity contribution is -0.384. The third-order valence-electron chi connectivity index (χ3n) is 4.96. The lowest BCUT2D eigenvalue weighted by Crippen LogP contribution is -2.44. The van der Waals surface area contributed by atoms with Crippen LogP contribution in [0.2, 0.25) is 0 Å². The molecule has 1 unspecified atom stereocenters. The Balaban J connectivity index is 1.88. The minimum absolute atomic E-state index is 0.0224. The molecular weight excluding hydrogens is 376 g/mol. The van der Waals surface area contributed by atoms with Crippen LogP contribution < -0.4 is 15.2 Å². The van der Waals surface area contributed by atoms with Crippen molar-refractivity contribution in [3.05, 3.63) is 63.2 Å². The Morgan fingerprint density at radius 2 is 1.93 bits per heavy atom. The van der Waals surface area contributed by atoms with E-state index in [4.69, 9.17) is 15.2 Å². The van der Waals surface area contributed by atoms with Gasteiger partial charge in [0, 0.05) is 23.3 Å². The zero-order valence-corrected chi connectivity index (χ0v) is 16.0. The molecule has 150 valence electrons. The van der Waals surface area contributed by atoms with Crippen molar-refractivity contribution in [1.82, 2.24) is 5.01 Å². The summed E-state index contributed by atoms with van der Waals surface area (Å²) in [5, 5.41) is 17.0. The molecule has 2 N–H and O–H groups in total. The summed E-state index contributed by atoms with van der Waals surface area (Å²) in [7, 11) is 0. The Hall–Kier alpha value is -3.46. The van der Waals surface area contributed by atoms with Gasteiger partial charge in [-0.2, -0.15) is 5.10 Å². The van der Waals surface area contributed by atoms with E-state index in [1.54, 1.807) is 19.1 Å². The van der Waals surface area contributed by atoms with Crippen LogP contribution in [0.5, 0.6) is 11.5 Å². The number of nitro benzene ring substituents is 1. The van der Waals surface area contributed by atoms with Crippen LogP contribution in [0.1, 0.15) is 30.5 Å². The molecule has 0 radical (unpaired) electrons. The minimum atomic E-state index is -0.711. The fourth-order valence-corrected chi connectivity index (χ4v) is 3.47. The van der Waals surface area contributed by atoms with Gasteiger partial charge in [0.1, 0.15) is 0 Å². The first-order valence-corrected chi connectivity index (χ1v) is 9.20. The molecule has 0 bridgehead atoms. The average Bonchev–Trinajstić information content (AvgIpc) is 3.09. The number of amides is 1. The second-order valence-corrected chi connectivity index (χ2v) is 7.14. The van der Waals surface area contributed by atoms with Crippen LogP contribution in [0.4, 0.5) is 5.69 Å². The van der Waals surface area contributed by atoms with Gasteiger partial charge in [-0.15, -0.1) is 0 Å². The van der Waals surface area contributed by atoms with Gasteiger partial charge < -0.3 is 15.2 Å². The van der Waals surface area contributed by atoms with Gasteiger partial charge in [0.25, 0.3) is 11.6 Å². The van der Waals surface area contributed by atoms with Gasteiger partial charge in [-0.1, -0.05) is 0 Å². The van der Waals surface area contributed by atoms with Crippen molar-refractivity contribution in [2.45, 2.75) is 32.4 Å². The number of nitrogens with zero attached hydrogens (tertiary/aromatic N) is 3. The number of hydrazone groups is 1. The molecule has 9 heteroatoms. The number of fused-ring (bicyclic) bond motifs is 2. The number of hydrogen-bond donors (Lipinski definition) is 1. The van der Waals surface area contributed by atoms with Crippen LogP contribution in [0.15, 0.2) is 41.5 Å². The number of rotatable bonds is 3. The quantitative estimate of drug-likeness (QED) is 0.627. The smallest absolute Gasteiger partial charge is 0.269 e. The molecule has 2 atom stereocenters. The molecular formula is C20H20N4O5. The van der Waals surface area contributed by atoms with Crippen molar-refractivity contribution in [3.63, 3.8) is 0 Å². The van der Waals surface area contributed by atoms with E-state index in [0.717, 1.165) is 11.1 Å². The Kier molecular flexibility index (Phi) is 4.67. The van der Waals surface area contributed by atoms with E-state index < -0.39 is 11.0 Å². The topological polar surface area (TPSA) is 120 Å². The first-order valence-electron chi connectivity index (χ1n) is 9.20. The summed E-state index contributed by atoms with van der Waals surface area (Å²) in [6.45, 7) is 3.66. The Labute approximate surface area is 166 Å².